The lowest BCUT2D eigenvalue weighted by Gasteiger charge is -2.10. The van der Waals surface area contributed by atoms with Crippen molar-refractivity contribution < 1.29 is 14.3 Å². The molecule has 114 valence electrons. The van der Waals surface area contributed by atoms with Gasteiger partial charge in [0.05, 0.1) is 14.2 Å². The molecule has 0 radical (unpaired) electrons. The molecule has 0 aromatic heterocycles. The van der Waals surface area contributed by atoms with E-state index in [4.69, 9.17) is 15.2 Å². The van der Waals surface area contributed by atoms with Gasteiger partial charge in [-0.3, -0.25) is 4.79 Å². The van der Waals surface area contributed by atoms with E-state index >= 15 is 0 Å². The molecule has 0 atom stereocenters. The number of carbonyl (C=O) groups excluding carboxylic acids is 1. The quantitative estimate of drug-likeness (QED) is 0.763. The molecule has 0 spiro atoms. The summed E-state index contributed by atoms with van der Waals surface area (Å²) < 4.78 is 10.4. The standard InChI is InChI=1S/C14H22N2O3.ClH/c1-18-12-6-5-11(10-13(12)19-2)7-9-16-14(17)4-3-8-15;/h5-6,10H,3-4,7-9,15H2,1-2H3,(H,16,17);1H. The predicted molar refractivity (Wildman–Crippen MR) is 81.8 cm³/mol. The minimum atomic E-state index is 0. The Morgan fingerprint density at radius 3 is 2.55 bits per heavy atom. The third kappa shape index (κ3) is 6.12. The molecule has 0 bridgehead atoms. The molecule has 0 aliphatic rings. The zero-order valence-electron chi connectivity index (χ0n) is 12.0. The van der Waals surface area contributed by atoms with Gasteiger partial charge in [0.1, 0.15) is 0 Å². The lowest BCUT2D eigenvalue weighted by Crippen LogP contribution is -2.25. The van der Waals surface area contributed by atoms with Gasteiger partial charge in [-0.15, -0.1) is 12.4 Å². The molecular formula is C14H23ClN2O3. The van der Waals surface area contributed by atoms with Crippen LogP contribution in [0.2, 0.25) is 0 Å². The number of methoxy groups -OCH3 is 2. The van der Waals surface area contributed by atoms with Crippen LogP contribution in [0, 0.1) is 0 Å². The zero-order valence-corrected chi connectivity index (χ0v) is 12.8. The zero-order chi connectivity index (χ0) is 14.1. The average molecular weight is 303 g/mol. The summed E-state index contributed by atoms with van der Waals surface area (Å²) in [6.07, 6.45) is 1.97. The van der Waals surface area contributed by atoms with Crippen LogP contribution in [0.25, 0.3) is 0 Å². The summed E-state index contributed by atoms with van der Waals surface area (Å²) in [5.41, 5.74) is 6.44. The number of ether oxygens (including phenoxy) is 2. The first-order chi connectivity index (χ1) is 9.21. The Bertz CT molecular complexity index is 413. The molecule has 1 aromatic rings. The van der Waals surface area contributed by atoms with Crippen LogP contribution in [0.1, 0.15) is 18.4 Å². The smallest absolute Gasteiger partial charge is 0.220 e. The Kier molecular flexibility index (Phi) is 9.59. The molecule has 6 heteroatoms. The number of nitrogens with one attached hydrogen (secondary N) is 1. The van der Waals surface area contributed by atoms with E-state index in [1.807, 2.05) is 18.2 Å². The average Bonchev–Trinajstić information content (AvgIpc) is 2.44. The van der Waals surface area contributed by atoms with Crippen molar-refractivity contribution in [2.24, 2.45) is 5.73 Å². The largest absolute Gasteiger partial charge is 0.493 e. The normalized spacial score (nSPS) is 9.55. The van der Waals surface area contributed by atoms with Crippen molar-refractivity contribution >= 4 is 18.3 Å². The van der Waals surface area contributed by atoms with Gasteiger partial charge < -0.3 is 20.5 Å². The highest BCUT2D eigenvalue weighted by Gasteiger charge is 2.05. The maximum absolute atomic E-state index is 11.4. The lowest BCUT2D eigenvalue weighted by molar-refractivity contribution is -0.121. The van der Waals surface area contributed by atoms with E-state index in [0.717, 1.165) is 18.4 Å². The predicted octanol–water partition coefficient (Wildman–Crippen LogP) is 1.52. The fourth-order valence-corrected chi connectivity index (χ4v) is 1.73. The number of carbonyl (C=O) groups is 1. The van der Waals surface area contributed by atoms with Gasteiger partial charge in [-0.2, -0.15) is 0 Å². The highest BCUT2D eigenvalue weighted by molar-refractivity contribution is 5.85. The summed E-state index contributed by atoms with van der Waals surface area (Å²) in [6, 6.07) is 5.75. The second-order valence-electron chi connectivity index (χ2n) is 4.18. The first-order valence-corrected chi connectivity index (χ1v) is 6.39. The van der Waals surface area contributed by atoms with Gasteiger partial charge in [-0.05, 0) is 37.1 Å². The number of hydrogen-bond acceptors (Lipinski definition) is 4. The van der Waals surface area contributed by atoms with E-state index in [0.29, 0.717) is 31.0 Å². The number of benzene rings is 1. The van der Waals surface area contributed by atoms with Gasteiger partial charge in [0.25, 0.3) is 0 Å². The topological polar surface area (TPSA) is 73.6 Å². The van der Waals surface area contributed by atoms with E-state index in [1.54, 1.807) is 14.2 Å². The third-order valence-corrected chi connectivity index (χ3v) is 2.79. The van der Waals surface area contributed by atoms with Crippen LogP contribution in [0.15, 0.2) is 18.2 Å². The molecule has 0 saturated heterocycles. The maximum Gasteiger partial charge on any atom is 0.220 e. The SMILES string of the molecule is COc1ccc(CCNC(=O)CCCN)cc1OC.Cl. The van der Waals surface area contributed by atoms with Crippen molar-refractivity contribution in [2.45, 2.75) is 19.3 Å². The Morgan fingerprint density at radius 1 is 1.25 bits per heavy atom. The van der Waals surface area contributed by atoms with E-state index in [-0.39, 0.29) is 18.3 Å². The fraction of sp³-hybridized carbons (Fsp3) is 0.500. The Morgan fingerprint density at radius 2 is 1.95 bits per heavy atom. The second kappa shape index (κ2) is 10.3. The molecule has 0 aliphatic carbocycles. The van der Waals surface area contributed by atoms with E-state index in [1.165, 1.54) is 0 Å². The summed E-state index contributed by atoms with van der Waals surface area (Å²) in [5.74, 6) is 1.46. The summed E-state index contributed by atoms with van der Waals surface area (Å²) in [4.78, 5) is 11.4. The van der Waals surface area contributed by atoms with E-state index < -0.39 is 0 Å². The molecule has 3 N–H and O–H groups in total. The molecule has 0 unspecified atom stereocenters. The number of nitrogens with two attached hydrogens (primary N) is 1. The molecule has 20 heavy (non-hydrogen) atoms. The monoisotopic (exact) mass is 302 g/mol. The molecule has 0 aliphatic heterocycles. The molecular weight excluding hydrogens is 280 g/mol. The van der Waals surface area contributed by atoms with Crippen molar-refractivity contribution in [2.75, 3.05) is 27.3 Å². The molecule has 5 nitrogen and oxygen atoms in total. The minimum Gasteiger partial charge on any atom is -0.493 e. The van der Waals surface area contributed by atoms with Gasteiger partial charge in [0.2, 0.25) is 5.91 Å². The van der Waals surface area contributed by atoms with Gasteiger partial charge >= 0.3 is 0 Å². The molecule has 0 saturated carbocycles. The van der Waals surface area contributed by atoms with Crippen molar-refractivity contribution in [3.63, 3.8) is 0 Å². The Labute approximate surface area is 126 Å². The number of rotatable bonds is 8. The van der Waals surface area contributed by atoms with E-state index in [9.17, 15) is 4.79 Å². The molecule has 1 rings (SSSR count). The molecule has 1 aromatic carbocycles. The van der Waals surface area contributed by atoms with Crippen molar-refractivity contribution in [1.29, 1.82) is 0 Å². The number of hydrogen-bond donors (Lipinski definition) is 2. The number of halogens is 1. The van der Waals surface area contributed by atoms with Gasteiger partial charge in [-0.25, -0.2) is 0 Å². The van der Waals surface area contributed by atoms with E-state index in [2.05, 4.69) is 5.32 Å². The Balaban J connectivity index is 0.00000361. The summed E-state index contributed by atoms with van der Waals surface area (Å²) in [6.45, 7) is 1.15. The van der Waals surface area contributed by atoms with Crippen LogP contribution < -0.4 is 20.5 Å². The first kappa shape index (κ1) is 18.5. The fourth-order valence-electron chi connectivity index (χ4n) is 1.73. The highest BCUT2D eigenvalue weighted by atomic mass is 35.5. The number of amides is 1. The van der Waals surface area contributed by atoms with Gasteiger partial charge in [0.15, 0.2) is 11.5 Å². The Hall–Kier alpha value is -1.46. The van der Waals surface area contributed by atoms with Crippen LogP contribution in [0.4, 0.5) is 0 Å². The summed E-state index contributed by atoms with van der Waals surface area (Å²) in [7, 11) is 3.21. The van der Waals surface area contributed by atoms with Crippen LogP contribution >= 0.6 is 12.4 Å². The van der Waals surface area contributed by atoms with Crippen LogP contribution in [0.3, 0.4) is 0 Å². The van der Waals surface area contributed by atoms with Crippen molar-refractivity contribution in [3.8, 4) is 11.5 Å². The van der Waals surface area contributed by atoms with Gasteiger partial charge in [0, 0.05) is 13.0 Å². The summed E-state index contributed by atoms with van der Waals surface area (Å²) >= 11 is 0. The first-order valence-electron chi connectivity index (χ1n) is 6.39. The molecule has 1 amide bonds. The third-order valence-electron chi connectivity index (χ3n) is 2.79. The minimum absolute atomic E-state index is 0. The molecule has 0 fully saturated rings. The van der Waals surface area contributed by atoms with Crippen LogP contribution in [-0.2, 0) is 11.2 Å². The maximum atomic E-state index is 11.4. The molecule has 0 heterocycles. The summed E-state index contributed by atoms with van der Waals surface area (Å²) in [5, 5.41) is 2.87. The van der Waals surface area contributed by atoms with Gasteiger partial charge in [-0.1, -0.05) is 6.07 Å². The van der Waals surface area contributed by atoms with Crippen molar-refractivity contribution in [1.82, 2.24) is 5.32 Å². The lowest BCUT2D eigenvalue weighted by atomic mass is 10.1. The highest BCUT2D eigenvalue weighted by Crippen LogP contribution is 2.27. The van der Waals surface area contributed by atoms with Crippen LogP contribution in [0.5, 0.6) is 11.5 Å². The van der Waals surface area contributed by atoms with Crippen LogP contribution in [-0.4, -0.2) is 33.2 Å². The van der Waals surface area contributed by atoms with Crippen molar-refractivity contribution in [3.05, 3.63) is 23.8 Å². The second-order valence-corrected chi connectivity index (χ2v) is 4.18.